The molecule has 0 spiro atoms. The van der Waals surface area contributed by atoms with Gasteiger partial charge >= 0.3 is 12.0 Å². The highest BCUT2D eigenvalue weighted by Gasteiger charge is 2.34. The first kappa shape index (κ1) is 20.5. The van der Waals surface area contributed by atoms with Gasteiger partial charge in [-0.1, -0.05) is 30.3 Å². The number of hydrogen-bond acceptors (Lipinski definition) is 5. The molecule has 2 atom stereocenters. The van der Waals surface area contributed by atoms with Crippen molar-refractivity contribution in [3.8, 4) is 11.5 Å². The molecule has 0 aromatic heterocycles. The summed E-state index contributed by atoms with van der Waals surface area (Å²) >= 11 is 0. The van der Waals surface area contributed by atoms with Crippen molar-refractivity contribution in [2.24, 2.45) is 0 Å². The van der Waals surface area contributed by atoms with Crippen LogP contribution in [0.1, 0.15) is 29.7 Å². The molecule has 2 aromatic carbocycles. The first-order chi connectivity index (χ1) is 14.0. The fraction of sp³-hybridized carbons (Fsp3) is 0.364. The average Bonchev–Trinajstić information content (AvgIpc) is 2.76. The van der Waals surface area contributed by atoms with Gasteiger partial charge in [0.25, 0.3) is 0 Å². The number of ether oxygens (including phenoxy) is 3. The second-order valence-corrected chi connectivity index (χ2v) is 6.86. The summed E-state index contributed by atoms with van der Waals surface area (Å²) in [6, 6.07) is 12.3. The minimum Gasteiger partial charge on any atom is -0.493 e. The molecular weight excluding hydrogens is 372 g/mol. The second-order valence-electron chi connectivity index (χ2n) is 6.86. The molecule has 1 N–H and O–H groups in total. The van der Waals surface area contributed by atoms with E-state index in [1.807, 2.05) is 42.5 Å². The van der Waals surface area contributed by atoms with E-state index in [0.717, 1.165) is 16.7 Å². The van der Waals surface area contributed by atoms with Crippen LogP contribution in [0.2, 0.25) is 0 Å². The molecule has 1 aliphatic heterocycles. The number of benzene rings is 2. The van der Waals surface area contributed by atoms with Gasteiger partial charge < -0.3 is 24.4 Å². The van der Waals surface area contributed by atoms with Crippen LogP contribution in [0.3, 0.4) is 0 Å². The van der Waals surface area contributed by atoms with Crippen molar-refractivity contribution in [2.45, 2.75) is 25.4 Å². The fourth-order valence-corrected chi connectivity index (χ4v) is 3.66. The summed E-state index contributed by atoms with van der Waals surface area (Å²) in [4.78, 5) is 26.5. The summed E-state index contributed by atoms with van der Waals surface area (Å²) in [5, 5.41) is 2.74. The third-order valence-electron chi connectivity index (χ3n) is 5.14. The number of nitrogens with one attached hydrogen (secondary N) is 1. The Morgan fingerprint density at radius 1 is 1.07 bits per heavy atom. The molecule has 2 aromatic rings. The minimum absolute atomic E-state index is 0.315. The zero-order valence-electron chi connectivity index (χ0n) is 17.1. The molecule has 1 heterocycles. The molecule has 29 heavy (non-hydrogen) atoms. The lowest BCUT2D eigenvalue weighted by Gasteiger charge is -2.38. The summed E-state index contributed by atoms with van der Waals surface area (Å²) in [6.07, 6.45) is 0.666. The Balaban J connectivity index is 2.03. The van der Waals surface area contributed by atoms with Crippen molar-refractivity contribution in [1.29, 1.82) is 0 Å². The van der Waals surface area contributed by atoms with E-state index in [4.69, 9.17) is 14.2 Å². The van der Waals surface area contributed by atoms with Gasteiger partial charge in [-0.05, 0) is 42.2 Å². The highest BCUT2D eigenvalue weighted by molar-refractivity contribution is 5.84. The Morgan fingerprint density at radius 3 is 2.34 bits per heavy atom. The average molecular weight is 398 g/mol. The number of esters is 1. The highest BCUT2D eigenvalue weighted by Crippen LogP contribution is 2.40. The SMILES string of the molecule is COC(=O)[C@H](C)NC(=O)N1CCc2cc(OC)c(OC)cc2[C@H]1c1ccccc1. The van der Waals surface area contributed by atoms with E-state index in [2.05, 4.69) is 5.32 Å². The topological polar surface area (TPSA) is 77.1 Å². The number of methoxy groups -OCH3 is 3. The first-order valence-electron chi connectivity index (χ1n) is 9.44. The molecule has 0 saturated carbocycles. The molecule has 3 rings (SSSR count). The molecule has 2 amide bonds. The molecule has 154 valence electrons. The number of nitrogens with zero attached hydrogens (tertiary/aromatic N) is 1. The summed E-state index contributed by atoms with van der Waals surface area (Å²) in [5.74, 6) is 0.783. The molecule has 7 heteroatoms. The Morgan fingerprint density at radius 2 is 1.72 bits per heavy atom. The van der Waals surface area contributed by atoms with E-state index in [-0.39, 0.29) is 12.1 Å². The fourth-order valence-electron chi connectivity index (χ4n) is 3.66. The van der Waals surface area contributed by atoms with Crippen molar-refractivity contribution < 1.29 is 23.8 Å². The normalized spacial score (nSPS) is 16.4. The van der Waals surface area contributed by atoms with Crippen molar-refractivity contribution in [1.82, 2.24) is 10.2 Å². The summed E-state index contributed by atoms with van der Waals surface area (Å²) in [5.41, 5.74) is 3.05. The largest absolute Gasteiger partial charge is 0.493 e. The number of hydrogen-bond donors (Lipinski definition) is 1. The van der Waals surface area contributed by atoms with Gasteiger partial charge in [0.1, 0.15) is 6.04 Å². The first-order valence-corrected chi connectivity index (χ1v) is 9.44. The standard InChI is InChI=1S/C22H26N2O5/c1-14(21(25)29-4)23-22(26)24-11-10-16-12-18(27-2)19(28-3)13-17(16)20(24)15-8-6-5-7-9-15/h5-9,12-14,20H,10-11H2,1-4H3,(H,23,26)/t14-,20+/m0/s1. The van der Waals surface area contributed by atoms with Crippen LogP contribution >= 0.6 is 0 Å². The third-order valence-corrected chi connectivity index (χ3v) is 5.14. The maximum atomic E-state index is 13.1. The van der Waals surface area contributed by atoms with Gasteiger partial charge in [0.15, 0.2) is 11.5 Å². The van der Waals surface area contributed by atoms with Gasteiger partial charge in [-0.15, -0.1) is 0 Å². The number of amides is 2. The van der Waals surface area contributed by atoms with Gasteiger partial charge in [0.05, 0.1) is 27.4 Å². The van der Waals surface area contributed by atoms with E-state index in [1.165, 1.54) is 7.11 Å². The van der Waals surface area contributed by atoms with Crippen LogP contribution in [0.5, 0.6) is 11.5 Å². The molecular formula is C22H26N2O5. The lowest BCUT2D eigenvalue weighted by molar-refractivity contribution is -0.142. The van der Waals surface area contributed by atoms with Crippen LogP contribution in [0.15, 0.2) is 42.5 Å². The summed E-state index contributed by atoms with van der Waals surface area (Å²) < 4.78 is 15.6. The molecule has 1 aliphatic rings. The summed E-state index contributed by atoms with van der Waals surface area (Å²) in [7, 11) is 4.50. The zero-order valence-corrected chi connectivity index (χ0v) is 17.1. The monoisotopic (exact) mass is 398 g/mol. The Labute approximate surface area is 170 Å². The van der Waals surface area contributed by atoms with Crippen LogP contribution in [-0.2, 0) is 16.0 Å². The van der Waals surface area contributed by atoms with Crippen LogP contribution in [-0.4, -0.2) is 50.8 Å². The number of fused-ring (bicyclic) bond motifs is 1. The second kappa shape index (κ2) is 8.86. The maximum Gasteiger partial charge on any atom is 0.328 e. The van der Waals surface area contributed by atoms with Crippen LogP contribution in [0.4, 0.5) is 4.79 Å². The van der Waals surface area contributed by atoms with Crippen molar-refractivity contribution >= 4 is 12.0 Å². The lowest BCUT2D eigenvalue weighted by atomic mass is 9.88. The highest BCUT2D eigenvalue weighted by atomic mass is 16.5. The van der Waals surface area contributed by atoms with Crippen molar-refractivity contribution in [2.75, 3.05) is 27.9 Å². The van der Waals surface area contributed by atoms with Crippen LogP contribution in [0.25, 0.3) is 0 Å². The number of carbonyl (C=O) groups is 2. The van der Waals surface area contributed by atoms with E-state index >= 15 is 0 Å². The molecule has 0 saturated heterocycles. The molecule has 0 aliphatic carbocycles. The molecule has 7 nitrogen and oxygen atoms in total. The predicted molar refractivity (Wildman–Crippen MR) is 108 cm³/mol. The van der Waals surface area contributed by atoms with E-state index in [0.29, 0.717) is 24.5 Å². The molecule has 0 radical (unpaired) electrons. The van der Waals surface area contributed by atoms with Gasteiger partial charge in [-0.25, -0.2) is 9.59 Å². The predicted octanol–water partition coefficient (Wildman–Crippen LogP) is 2.92. The molecule has 0 fully saturated rings. The lowest BCUT2D eigenvalue weighted by Crippen LogP contribution is -2.50. The number of rotatable bonds is 5. The summed E-state index contributed by atoms with van der Waals surface area (Å²) in [6.45, 7) is 2.11. The minimum atomic E-state index is -0.740. The Bertz CT molecular complexity index is 884. The number of urea groups is 1. The maximum absolute atomic E-state index is 13.1. The van der Waals surface area contributed by atoms with E-state index in [1.54, 1.807) is 26.0 Å². The van der Waals surface area contributed by atoms with Crippen LogP contribution in [0, 0.1) is 0 Å². The molecule has 0 bridgehead atoms. The molecule has 0 unspecified atom stereocenters. The van der Waals surface area contributed by atoms with Gasteiger partial charge in [-0.3, -0.25) is 0 Å². The van der Waals surface area contributed by atoms with Crippen LogP contribution < -0.4 is 14.8 Å². The van der Waals surface area contributed by atoms with E-state index < -0.39 is 12.0 Å². The number of carbonyl (C=O) groups excluding carboxylic acids is 2. The quantitative estimate of drug-likeness (QED) is 0.784. The van der Waals surface area contributed by atoms with Gasteiger partial charge in [0, 0.05) is 6.54 Å². The van der Waals surface area contributed by atoms with E-state index in [9.17, 15) is 9.59 Å². The van der Waals surface area contributed by atoms with Crippen molar-refractivity contribution in [3.05, 3.63) is 59.2 Å². The Hall–Kier alpha value is -3.22. The smallest absolute Gasteiger partial charge is 0.328 e. The van der Waals surface area contributed by atoms with Crippen molar-refractivity contribution in [3.63, 3.8) is 0 Å². The van der Waals surface area contributed by atoms with Gasteiger partial charge in [0.2, 0.25) is 0 Å². The van der Waals surface area contributed by atoms with Gasteiger partial charge in [-0.2, -0.15) is 0 Å². The zero-order chi connectivity index (χ0) is 21.0. The third kappa shape index (κ3) is 4.13. The Kier molecular flexibility index (Phi) is 6.26.